The zero-order valence-corrected chi connectivity index (χ0v) is 9.92. The van der Waals surface area contributed by atoms with Gasteiger partial charge in [-0.2, -0.15) is 0 Å². The number of ether oxygens (including phenoxy) is 2. The first-order chi connectivity index (χ1) is 7.44. The van der Waals surface area contributed by atoms with E-state index in [0.29, 0.717) is 0 Å². The standard InChI is InChI=1S/C8H15O7P/c1-5-6-7(15-16(10,11)12-2)8(3-9,14-5)4-13-6/h5-7,9H,3-4H2,1-2H3,(H,10,11)/t5-,6+,7?,8-/m0/s1. The van der Waals surface area contributed by atoms with Crippen LogP contribution in [0.2, 0.25) is 0 Å². The summed E-state index contributed by atoms with van der Waals surface area (Å²) in [6.45, 7) is 1.57. The fourth-order valence-corrected chi connectivity index (χ4v) is 2.83. The van der Waals surface area contributed by atoms with Crippen LogP contribution in [-0.2, 0) is 23.1 Å². The van der Waals surface area contributed by atoms with Crippen molar-refractivity contribution < 1.29 is 33.1 Å². The normalized spacial score (nSPS) is 45.9. The monoisotopic (exact) mass is 254 g/mol. The maximum Gasteiger partial charge on any atom is 0.472 e. The predicted molar refractivity (Wildman–Crippen MR) is 51.8 cm³/mol. The van der Waals surface area contributed by atoms with E-state index in [1.165, 1.54) is 0 Å². The molecule has 16 heavy (non-hydrogen) atoms. The molecule has 0 amide bonds. The maximum atomic E-state index is 11.3. The van der Waals surface area contributed by atoms with Crippen molar-refractivity contribution >= 4 is 7.82 Å². The van der Waals surface area contributed by atoms with E-state index in [2.05, 4.69) is 4.52 Å². The third-order valence-corrected chi connectivity index (χ3v) is 3.92. The second-order valence-corrected chi connectivity index (χ2v) is 5.51. The molecule has 2 fully saturated rings. The van der Waals surface area contributed by atoms with Crippen molar-refractivity contribution in [1.82, 2.24) is 0 Å². The minimum Gasteiger partial charge on any atom is -0.393 e. The Bertz CT molecular complexity index is 322. The van der Waals surface area contributed by atoms with Gasteiger partial charge in [-0.3, -0.25) is 9.05 Å². The van der Waals surface area contributed by atoms with Crippen molar-refractivity contribution in [1.29, 1.82) is 0 Å². The first-order valence-electron chi connectivity index (χ1n) is 4.91. The molecular formula is C8H15O7P. The lowest BCUT2D eigenvalue weighted by Crippen LogP contribution is -2.45. The summed E-state index contributed by atoms with van der Waals surface area (Å²) in [6, 6.07) is 0. The van der Waals surface area contributed by atoms with Crippen LogP contribution in [0.5, 0.6) is 0 Å². The molecule has 0 aromatic carbocycles. The van der Waals surface area contributed by atoms with Gasteiger partial charge in [0.1, 0.15) is 17.8 Å². The third-order valence-electron chi connectivity index (χ3n) is 2.97. The van der Waals surface area contributed by atoms with E-state index in [9.17, 15) is 14.6 Å². The molecule has 2 aliphatic rings. The lowest BCUT2D eigenvalue weighted by Gasteiger charge is -2.28. The minimum absolute atomic E-state index is 0.146. The summed E-state index contributed by atoms with van der Waals surface area (Å²) in [5.41, 5.74) is -1.05. The van der Waals surface area contributed by atoms with E-state index in [1.54, 1.807) is 6.92 Å². The Morgan fingerprint density at radius 3 is 2.81 bits per heavy atom. The van der Waals surface area contributed by atoms with E-state index in [-0.39, 0.29) is 19.3 Å². The molecule has 2 rings (SSSR count). The van der Waals surface area contributed by atoms with Crippen molar-refractivity contribution in [3.8, 4) is 0 Å². The quantitative estimate of drug-likeness (QED) is 0.663. The SMILES string of the molecule is COP(=O)(O)OC1[C@@H]2OC[C@]1(CO)O[C@H]2C. The van der Waals surface area contributed by atoms with Crippen LogP contribution in [0.1, 0.15) is 6.92 Å². The Labute approximate surface area is 92.9 Å². The average Bonchev–Trinajstić information content (AvgIpc) is 2.70. The van der Waals surface area contributed by atoms with Gasteiger partial charge in [0, 0.05) is 7.11 Å². The van der Waals surface area contributed by atoms with E-state index >= 15 is 0 Å². The van der Waals surface area contributed by atoms with Crippen LogP contribution in [0.15, 0.2) is 0 Å². The molecule has 2 unspecified atom stereocenters. The highest BCUT2D eigenvalue weighted by atomic mass is 31.2. The Balaban J connectivity index is 2.18. The van der Waals surface area contributed by atoms with Crippen molar-refractivity contribution in [2.75, 3.05) is 20.3 Å². The smallest absolute Gasteiger partial charge is 0.393 e. The number of aliphatic hydroxyl groups is 1. The molecule has 0 saturated carbocycles. The number of hydrogen-bond donors (Lipinski definition) is 2. The molecular weight excluding hydrogens is 239 g/mol. The molecule has 5 atom stereocenters. The number of phosphoric ester groups is 1. The maximum absolute atomic E-state index is 11.3. The Kier molecular flexibility index (Phi) is 3.13. The van der Waals surface area contributed by atoms with E-state index in [4.69, 9.17) is 14.0 Å². The first-order valence-corrected chi connectivity index (χ1v) is 6.41. The topological polar surface area (TPSA) is 94.5 Å². The summed E-state index contributed by atoms with van der Waals surface area (Å²) in [5.74, 6) is 0. The van der Waals surface area contributed by atoms with Crippen LogP contribution in [0.25, 0.3) is 0 Å². The van der Waals surface area contributed by atoms with Crippen LogP contribution in [0.4, 0.5) is 0 Å². The van der Waals surface area contributed by atoms with Crippen molar-refractivity contribution in [2.24, 2.45) is 0 Å². The summed E-state index contributed by atoms with van der Waals surface area (Å²) in [7, 11) is -3.03. The van der Waals surface area contributed by atoms with Gasteiger partial charge in [-0.15, -0.1) is 0 Å². The van der Waals surface area contributed by atoms with Crippen molar-refractivity contribution in [3.05, 3.63) is 0 Å². The molecule has 7 nitrogen and oxygen atoms in total. The molecule has 0 aromatic heterocycles. The molecule has 0 aliphatic carbocycles. The van der Waals surface area contributed by atoms with Crippen LogP contribution in [-0.4, -0.2) is 54.2 Å². The van der Waals surface area contributed by atoms with Gasteiger partial charge in [-0.05, 0) is 6.92 Å². The molecule has 0 spiro atoms. The second kappa shape index (κ2) is 4.03. The Morgan fingerprint density at radius 1 is 1.62 bits per heavy atom. The highest BCUT2D eigenvalue weighted by molar-refractivity contribution is 7.47. The summed E-state index contributed by atoms with van der Waals surface area (Å²) in [4.78, 5) is 9.26. The van der Waals surface area contributed by atoms with Gasteiger partial charge in [0.2, 0.25) is 0 Å². The van der Waals surface area contributed by atoms with Crippen molar-refractivity contribution in [3.63, 3.8) is 0 Å². The van der Waals surface area contributed by atoms with E-state index in [0.717, 1.165) is 7.11 Å². The van der Waals surface area contributed by atoms with Crippen LogP contribution >= 0.6 is 7.82 Å². The van der Waals surface area contributed by atoms with E-state index in [1.807, 2.05) is 0 Å². The first kappa shape index (κ1) is 12.4. The second-order valence-electron chi connectivity index (χ2n) is 4.00. The number of phosphoric acid groups is 1. The zero-order chi connectivity index (χ0) is 12.0. The number of aliphatic hydroxyl groups excluding tert-OH is 1. The Morgan fingerprint density at radius 2 is 2.31 bits per heavy atom. The number of fused-ring (bicyclic) bond motifs is 2. The number of hydrogen-bond acceptors (Lipinski definition) is 6. The molecule has 2 aliphatic heterocycles. The highest BCUT2D eigenvalue weighted by Crippen LogP contribution is 2.51. The van der Waals surface area contributed by atoms with Gasteiger partial charge >= 0.3 is 7.82 Å². The average molecular weight is 254 g/mol. The summed E-state index contributed by atoms with van der Waals surface area (Å²) >= 11 is 0. The lowest BCUT2D eigenvalue weighted by atomic mass is 10.0. The molecule has 2 saturated heterocycles. The fraction of sp³-hybridized carbons (Fsp3) is 1.00. The predicted octanol–water partition coefficient (Wildman–Crippen LogP) is -0.333. The molecule has 2 heterocycles. The lowest BCUT2D eigenvalue weighted by molar-refractivity contribution is -0.154. The third kappa shape index (κ3) is 1.82. The molecule has 2 bridgehead atoms. The molecule has 0 radical (unpaired) electrons. The summed E-state index contributed by atoms with van der Waals surface area (Å²) < 4.78 is 31.5. The molecule has 8 heteroatoms. The molecule has 0 aromatic rings. The van der Waals surface area contributed by atoms with Gasteiger partial charge in [0.15, 0.2) is 0 Å². The molecule has 94 valence electrons. The minimum atomic E-state index is -4.11. The van der Waals surface area contributed by atoms with Gasteiger partial charge in [-0.25, -0.2) is 4.57 Å². The van der Waals surface area contributed by atoms with Gasteiger partial charge < -0.3 is 19.5 Å². The van der Waals surface area contributed by atoms with Gasteiger partial charge in [0.05, 0.1) is 19.3 Å². The van der Waals surface area contributed by atoms with Crippen LogP contribution in [0.3, 0.4) is 0 Å². The van der Waals surface area contributed by atoms with Crippen LogP contribution in [0, 0.1) is 0 Å². The number of rotatable bonds is 4. The van der Waals surface area contributed by atoms with Crippen LogP contribution < -0.4 is 0 Å². The molecule has 2 N–H and O–H groups in total. The highest BCUT2D eigenvalue weighted by Gasteiger charge is 2.62. The fourth-order valence-electron chi connectivity index (χ4n) is 2.14. The van der Waals surface area contributed by atoms with Gasteiger partial charge in [0.25, 0.3) is 0 Å². The zero-order valence-electron chi connectivity index (χ0n) is 9.03. The Hall–Kier alpha value is -0.0100. The van der Waals surface area contributed by atoms with Crippen molar-refractivity contribution in [2.45, 2.75) is 30.8 Å². The van der Waals surface area contributed by atoms with E-state index < -0.39 is 25.6 Å². The summed E-state index contributed by atoms with van der Waals surface area (Å²) in [6.07, 6.45) is -1.53. The summed E-state index contributed by atoms with van der Waals surface area (Å²) in [5, 5.41) is 9.30. The largest absolute Gasteiger partial charge is 0.472 e. The van der Waals surface area contributed by atoms with Gasteiger partial charge in [-0.1, -0.05) is 0 Å².